The van der Waals surface area contributed by atoms with Crippen LogP contribution in [0.3, 0.4) is 0 Å². The number of para-hydroxylation sites is 1. The van der Waals surface area contributed by atoms with E-state index in [1.807, 2.05) is 6.08 Å². The van der Waals surface area contributed by atoms with Gasteiger partial charge in [0.05, 0.1) is 0 Å². The van der Waals surface area contributed by atoms with Crippen LogP contribution >= 0.6 is 0 Å². The molecule has 0 amide bonds. The summed E-state index contributed by atoms with van der Waals surface area (Å²) in [6.07, 6.45) is 37.8. The lowest BCUT2D eigenvalue weighted by Crippen LogP contribution is -2.24. The van der Waals surface area contributed by atoms with Crippen molar-refractivity contribution >= 4 is 11.4 Å². The van der Waals surface area contributed by atoms with Crippen LogP contribution in [-0.4, -0.2) is 11.4 Å². The first kappa shape index (κ1) is 34.1. The highest BCUT2D eigenvalue weighted by atomic mass is 15.2. The summed E-state index contributed by atoms with van der Waals surface area (Å²) >= 11 is 0. The van der Waals surface area contributed by atoms with Gasteiger partial charge < -0.3 is 9.80 Å². The summed E-state index contributed by atoms with van der Waals surface area (Å²) in [5.74, 6) is 0. The number of anilines is 1. The Hall–Kier alpha value is -4.82. The topological polar surface area (TPSA) is 6.48 Å². The fourth-order valence-electron chi connectivity index (χ4n) is 6.05. The van der Waals surface area contributed by atoms with Crippen LogP contribution in [0, 0.1) is 0 Å². The molecule has 0 saturated heterocycles. The standard InChI is InChI=1S/C44H50N2/c1-6-10-11-23-35-45(39-26-15-12-16-27-39)43(9-4)42-32-22-21-25-38(42)33-34-44(36(5)37(8-3)24-7-2)46(40-28-17-13-18-29-40)41-30-19-14-20-31-41/h6-15,17-19,21-26,28-30,32,34H,3,16,20,27,31,33,35H2,1-2,4-5H3/b10-6-,23-11-,24-7-,37-36+,43-9+,44-34+. The van der Waals surface area contributed by atoms with E-state index in [9.17, 15) is 0 Å². The van der Waals surface area contributed by atoms with Crippen molar-refractivity contribution in [1.29, 1.82) is 0 Å². The van der Waals surface area contributed by atoms with Gasteiger partial charge in [0.15, 0.2) is 0 Å². The first-order valence-corrected chi connectivity index (χ1v) is 16.7. The van der Waals surface area contributed by atoms with Crippen molar-refractivity contribution in [1.82, 2.24) is 4.90 Å². The molecule has 2 aliphatic carbocycles. The van der Waals surface area contributed by atoms with E-state index in [2.05, 4.69) is 184 Å². The minimum Gasteiger partial charge on any atom is -0.341 e. The van der Waals surface area contributed by atoms with Crippen molar-refractivity contribution in [3.8, 4) is 0 Å². The lowest BCUT2D eigenvalue weighted by Gasteiger charge is -2.33. The van der Waals surface area contributed by atoms with Crippen molar-refractivity contribution in [2.24, 2.45) is 0 Å². The molecule has 2 nitrogen and oxygen atoms in total. The van der Waals surface area contributed by atoms with Crippen LogP contribution in [-0.2, 0) is 6.42 Å². The molecule has 2 aromatic rings. The summed E-state index contributed by atoms with van der Waals surface area (Å²) in [4.78, 5) is 4.93. The first-order valence-electron chi connectivity index (χ1n) is 16.7. The zero-order valence-corrected chi connectivity index (χ0v) is 28.2. The van der Waals surface area contributed by atoms with Crippen LogP contribution in [0.25, 0.3) is 5.70 Å². The normalized spacial score (nSPS) is 16.2. The number of benzene rings is 2. The molecule has 46 heavy (non-hydrogen) atoms. The molecule has 0 heterocycles. The Kier molecular flexibility index (Phi) is 13.5. The second-order valence-corrected chi connectivity index (χ2v) is 11.4. The molecule has 0 atom stereocenters. The maximum atomic E-state index is 4.18. The van der Waals surface area contributed by atoms with Gasteiger partial charge in [-0.05, 0) is 101 Å². The maximum Gasteiger partial charge on any atom is 0.0458 e. The third kappa shape index (κ3) is 8.88. The summed E-state index contributed by atoms with van der Waals surface area (Å²) in [6.45, 7) is 13.5. The third-order valence-electron chi connectivity index (χ3n) is 8.36. The predicted octanol–water partition coefficient (Wildman–Crippen LogP) is 12.0. The van der Waals surface area contributed by atoms with Gasteiger partial charge in [-0.15, -0.1) is 0 Å². The summed E-state index contributed by atoms with van der Waals surface area (Å²) in [7, 11) is 0. The summed E-state index contributed by atoms with van der Waals surface area (Å²) in [5.41, 5.74) is 11.1. The third-order valence-corrected chi connectivity index (χ3v) is 8.36. The molecule has 4 rings (SSSR count). The van der Waals surface area contributed by atoms with Gasteiger partial charge in [0.2, 0.25) is 0 Å². The van der Waals surface area contributed by atoms with Gasteiger partial charge in [-0.1, -0.05) is 128 Å². The minimum atomic E-state index is 0.786. The lowest BCUT2D eigenvalue weighted by molar-refractivity contribution is 0.512. The van der Waals surface area contributed by atoms with Gasteiger partial charge in [-0.3, -0.25) is 0 Å². The molecule has 0 spiro atoms. The van der Waals surface area contributed by atoms with Crippen LogP contribution in [0.1, 0.15) is 64.5 Å². The van der Waals surface area contributed by atoms with Crippen molar-refractivity contribution in [2.45, 2.75) is 59.8 Å². The molecular formula is C44H50N2. The number of nitrogens with zero attached hydrogens (tertiary/aromatic N) is 2. The Labute approximate surface area is 278 Å². The van der Waals surface area contributed by atoms with E-state index in [4.69, 9.17) is 0 Å². The zero-order chi connectivity index (χ0) is 32.6. The Morgan fingerprint density at radius 3 is 2.15 bits per heavy atom. The zero-order valence-electron chi connectivity index (χ0n) is 28.2. The fourth-order valence-corrected chi connectivity index (χ4v) is 6.05. The molecule has 0 fully saturated rings. The van der Waals surface area contributed by atoms with Gasteiger partial charge >= 0.3 is 0 Å². The Balaban J connectivity index is 1.85. The molecule has 2 heteroatoms. The van der Waals surface area contributed by atoms with Crippen molar-refractivity contribution in [3.63, 3.8) is 0 Å². The maximum absolute atomic E-state index is 4.18. The Bertz CT molecular complexity index is 1630. The van der Waals surface area contributed by atoms with Crippen LogP contribution in [0.5, 0.6) is 0 Å². The van der Waals surface area contributed by atoms with Crippen LogP contribution in [0.4, 0.5) is 5.69 Å². The molecule has 0 aromatic heterocycles. The number of hydrogen-bond acceptors (Lipinski definition) is 2. The van der Waals surface area contributed by atoms with Crippen molar-refractivity contribution < 1.29 is 0 Å². The number of rotatable bonds is 14. The average Bonchev–Trinajstić information content (AvgIpc) is 3.11. The van der Waals surface area contributed by atoms with Crippen molar-refractivity contribution in [2.75, 3.05) is 11.4 Å². The van der Waals surface area contributed by atoms with E-state index in [0.29, 0.717) is 0 Å². The SMILES string of the molecule is C=CC(/C=C\C)=C(C)\C(=C/Cc1ccccc1/C(=C\C)N(C/C=C\C=C/C)C1=CC=CCC1)N(C1=CC=CCC1)c1ccccc1. The van der Waals surface area contributed by atoms with Gasteiger partial charge in [-0.25, -0.2) is 0 Å². The highest BCUT2D eigenvalue weighted by Gasteiger charge is 2.21. The summed E-state index contributed by atoms with van der Waals surface area (Å²) in [6, 6.07) is 19.6. The monoisotopic (exact) mass is 606 g/mol. The summed E-state index contributed by atoms with van der Waals surface area (Å²) < 4.78 is 0. The smallest absolute Gasteiger partial charge is 0.0458 e. The Morgan fingerprint density at radius 2 is 1.52 bits per heavy atom. The van der Waals surface area contributed by atoms with Crippen LogP contribution < -0.4 is 4.90 Å². The molecule has 0 N–H and O–H groups in total. The molecule has 0 unspecified atom stereocenters. The minimum absolute atomic E-state index is 0.786. The second-order valence-electron chi connectivity index (χ2n) is 11.4. The molecule has 236 valence electrons. The highest BCUT2D eigenvalue weighted by Crippen LogP contribution is 2.35. The summed E-state index contributed by atoms with van der Waals surface area (Å²) in [5, 5.41) is 0. The highest BCUT2D eigenvalue weighted by molar-refractivity contribution is 5.70. The molecule has 0 saturated carbocycles. The second kappa shape index (κ2) is 18.2. The number of hydrogen-bond donors (Lipinski definition) is 0. The Morgan fingerprint density at radius 1 is 0.826 bits per heavy atom. The largest absolute Gasteiger partial charge is 0.341 e. The van der Waals surface area contributed by atoms with Crippen molar-refractivity contribution in [3.05, 3.63) is 192 Å². The first-order chi connectivity index (χ1) is 22.6. The quantitative estimate of drug-likeness (QED) is 0.197. The van der Waals surface area contributed by atoms with Crippen LogP contribution in [0.2, 0.25) is 0 Å². The predicted molar refractivity (Wildman–Crippen MR) is 202 cm³/mol. The van der Waals surface area contributed by atoms with E-state index in [1.54, 1.807) is 0 Å². The molecule has 0 radical (unpaired) electrons. The molecule has 2 aromatic carbocycles. The molecule has 2 aliphatic rings. The van der Waals surface area contributed by atoms with E-state index in [-0.39, 0.29) is 0 Å². The molecule has 0 bridgehead atoms. The van der Waals surface area contributed by atoms with E-state index in [0.717, 1.165) is 49.9 Å². The van der Waals surface area contributed by atoms with E-state index >= 15 is 0 Å². The average molecular weight is 607 g/mol. The van der Waals surface area contributed by atoms with Crippen LogP contribution in [0.15, 0.2) is 181 Å². The molecule has 0 aliphatic heterocycles. The van der Waals surface area contributed by atoms with Gasteiger partial charge in [0, 0.05) is 40.6 Å². The van der Waals surface area contributed by atoms with Gasteiger partial charge in [0.25, 0.3) is 0 Å². The number of allylic oxidation sites excluding steroid dienone is 18. The van der Waals surface area contributed by atoms with E-state index < -0.39 is 0 Å². The van der Waals surface area contributed by atoms with Gasteiger partial charge in [0.1, 0.15) is 0 Å². The molecular weight excluding hydrogens is 556 g/mol. The van der Waals surface area contributed by atoms with Gasteiger partial charge in [-0.2, -0.15) is 0 Å². The van der Waals surface area contributed by atoms with E-state index in [1.165, 1.54) is 39.5 Å². The fraction of sp³-hybridized carbons (Fsp3) is 0.227. The lowest BCUT2D eigenvalue weighted by atomic mass is 9.96.